The summed E-state index contributed by atoms with van der Waals surface area (Å²) in [6.45, 7) is 0.869. The number of anilines is 1. The van der Waals surface area contributed by atoms with Crippen LogP contribution in [0.15, 0.2) is 12.3 Å². The lowest BCUT2D eigenvalue weighted by Crippen LogP contribution is -2.68. The van der Waals surface area contributed by atoms with Crippen molar-refractivity contribution in [1.82, 2.24) is 10.3 Å². The van der Waals surface area contributed by atoms with E-state index in [0.29, 0.717) is 24.2 Å². The van der Waals surface area contributed by atoms with Gasteiger partial charge < -0.3 is 19.7 Å². The number of pyridine rings is 1. The van der Waals surface area contributed by atoms with E-state index in [-0.39, 0.29) is 13.1 Å². The van der Waals surface area contributed by atoms with E-state index >= 15 is 0 Å². The van der Waals surface area contributed by atoms with E-state index in [9.17, 15) is 18.0 Å². The van der Waals surface area contributed by atoms with E-state index in [1.165, 1.54) is 0 Å². The van der Waals surface area contributed by atoms with Gasteiger partial charge in [0.25, 0.3) is 0 Å². The lowest BCUT2D eigenvalue weighted by molar-refractivity contribution is -0.284. The number of carbonyl (C=O) groups excluding carboxylic acids is 1. The summed E-state index contributed by atoms with van der Waals surface area (Å²) in [5, 5.41) is 3.42. The van der Waals surface area contributed by atoms with E-state index < -0.39 is 24.0 Å². The molecule has 10 heteroatoms. The molecule has 0 amide bonds. The predicted octanol–water partition coefficient (Wildman–Crippen LogP) is 2.22. The second-order valence-corrected chi connectivity index (χ2v) is 7.26. The minimum absolute atomic E-state index is 0.0156. The van der Waals surface area contributed by atoms with E-state index in [4.69, 9.17) is 21.1 Å². The Balaban J connectivity index is 1.59. The maximum Gasteiger partial charge on any atom is 0.491 e. The van der Waals surface area contributed by atoms with Crippen LogP contribution in [0.25, 0.3) is 0 Å². The molecule has 2 bridgehead atoms. The summed E-state index contributed by atoms with van der Waals surface area (Å²) in [6, 6.07) is 1.92. The third-order valence-electron chi connectivity index (χ3n) is 4.75. The van der Waals surface area contributed by atoms with Crippen molar-refractivity contribution in [2.24, 2.45) is 0 Å². The molecule has 2 unspecified atom stereocenters. The average Bonchev–Trinajstić information content (AvgIpc) is 3.38. The number of carbonyl (C=O) groups is 1. The second-order valence-electron chi connectivity index (χ2n) is 6.90. The van der Waals surface area contributed by atoms with Crippen molar-refractivity contribution in [1.29, 1.82) is 0 Å². The molecule has 3 heterocycles. The number of alkyl halides is 3. The molecule has 1 aromatic rings. The predicted molar refractivity (Wildman–Crippen MR) is 86.1 cm³/mol. The number of esters is 1. The molecule has 6 nitrogen and oxygen atoms in total. The first-order chi connectivity index (χ1) is 12.3. The fourth-order valence-corrected chi connectivity index (χ4v) is 3.69. The molecule has 2 saturated heterocycles. The molecule has 3 aliphatic rings. The molecular formula is C16H17ClF3N3O3. The van der Waals surface area contributed by atoms with Crippen LogP contribution < -0.4 is 10.2 Å². The zero-order valence-corrected chi connectivity index (χ0v) is 14.4. The van der Waals surface area contributed by atoms with Crippen LogP contribution in [0.1, 0.15) is 24.3 Å². The number of rotatable bonds is 3. The molecule has 3 fully saturated rings. The molecule has 2 aliphatic heterocycles. The van der Waals surface area contributed by atoms with Gasteiger partial charge >= 0.3 is 12.1 Å². The van der Waals surface area contributed by atoms with Crippen LogP contribution in [0.4, 0.5) is 18.9 Å². The molecule has 0 aromatic carbocycles. The Morgan fingerprint density at radius 2 is 2.23 bits per heavy atom. The summed E-state index contributed by atoms with van der Waals surface area (Å²) < 4.78 is 48.3. The van der Waals surface area contributed by atoms with Crippen LogP contribution in [-0.4, -0.2) is 55.2 Å². The first-order valence-electron chi connectivity index (χ1n) is 8.35. The summed E-state index contributed by atoms with van der Waals surface area (Å²) in [6.07, 6.45) is -1.80. The number of hydrogen-bond donors (Lipinski definition) is 1. The van der Waals surface area contributed by atoms with E-state index in [1.54, 1.807) is 6.20 Å². The number of hydrogen-bond acceptors (Lipinski definition) is 6. The van der Waals surface area contributed by atoms with Gasteiger partial charge in [0, 0.05) is 13.1 Å². The van der Waals surface area contributed by atoms with Gasteiger partial charge in [0.15, 0.2) is 0 Å². The van der Waals surface area contributed by atoms with E-state index in [1.807, 2.05) is 11.0 Å². The Morgan fingerprint density at radius 3 is 2.92 bits per heavy atom. The fraction of sp³-hybridized carbons (Fsp3) is 0.625. The third kappa shape index (κ3) is 3.47. The highest BCUT2D eigenvalue weighted by Gasteiger charge is 2.52. The lowest BCUT2D eigenvalue weighted by atomic mass is 10.1. The van der Waals surface area contributed by atoms with Gasteiger partial charge in [-0.15, -0.1) is 0 Å². The first kappa shape index (κ1) is 17.8. The van der Waals surface area contributed by atoms with Gasteiger partial charge in [0.1, 0.15) is 5.15 Å². The van der Waals surface area contributed by atoms with Crippen molar-refractivity contribution in [3.05, 3.63) is 23.0 Å². The van der Waals surface area contributed by atoms with Crippen molar-refractivity contribution >= 4 is 23.3 Å². The third-order valence-corrected chi connectivity index (χ3v) is 5.06. The smallest absolute Gasteiger partial charge is 0.423 e. The maximum atomic E-state index is 12.7. The van der Waals surface area contributed by atoms with Gasteiger partial charge in [-0.3, -0.25) is 0 Å². The van der Waals surface area contributed by atoms with Crippen molar-refractivity contribution in [3.63, 3.8) is 0 Å². The van der Waals surface area contributed by atoms with Gasteiger partial charge in [0.05, 0.1) is 31.1 Å². The number of ether oxygens (including phenoxy) is 2. The van der Waals surface area contributed by atoms with Gasteiger partial charge in [0.2, 0.25) is 5.79 Å². The second kappa shape index (κ2) is 6.24. The van der Waals surface area contributed by atoms with Crippen molar-refractivity contribution in [2.75, 3.05) is 31.1 Å². The van der Waals surface area contributed by atoms with E-state index in [0.717, 1.165) is 24.1 Å². The molecule has 26 heavy (non-hydrogen) atoms. The van der Waals surface area contributed by atoms with Gasteiger partial charge in [-0.25, -0.2) is 9.78 Å². The lowest BCUT2D eigenvalue weighted by Gasteiger charge is -2.49. The molecule has 0 spiro atoms. The van der Waals surface area contributed by atoms with Crippen LogP contribution in [-0.2, 0) is 14.3 Å². The first-order valence-corrected chi connectivity index (χ1v) is 8.73. The van der Waals surface area contributed by atoms with Crippen molar-refractivity contribution in [2.45, 2.75) is 36.8 Å². The van der Waals surface area contributed by atoms with Crippen LogP contribution in [0, 0.1) is 0 Å². The maximum absolute atomic E-state index is 12.7. The van der Waals surface area contributed by atoms with Gasteiger partial charge in [-0.1, -0.05) is 11.6 Å². The van der Waals surface area contributed by atoms with Crippen molar-refractivity contribution < 1.29 is 27.4 Å². The number of halogens is 4. The van der Waals surface area contributed by atoms with Gasteiger partial charge in [-0.05, 0) is 30.4 Å². The summed E-state index contributed by atoms with van der Waals surface area (Å²) in [5.41, 5.74) is 1.68. The Hall–Kier alpha value is -1.58. The fourth-order valence-electron chi connectivity index (χ4n) is 3.43. The average molecular weight is 392 g/mol. The zero-order chi connectivity index (χ0) is 18.5. The van der Waals surface area contributed by atoms with Crippen LogP contribution in [0.2, 0.25) is 5.15 Å². The highest BCUT2D eigenvalue weighted by molar-refractivity contribution is 6.30. The van der Waals surface area contributed by atoms with Crippen LogP contribution in [0.5, 0.6) is 0 Å². The summed E-state index contributed by atoms with van der Waals surface area (Å²) in [7, 11) is 0. The molecule has 1 N–H and O–H groups in total. The SMILES string of the molecule is O=C(OC12CNCC(CN(c3cnc(Cl)c(C4CC4)c3)C1)O2)C(F)(F)F. The Labute approximate surface area is 152 Å². The summed E-state index contributed by atoms with van der Waals surface area (Å²) in [5.74, 6) is -3.56. The molecular weight excluding hydrogens is 375 g/mol. The number of nitrogens with one attached hydrogen (secondary N) is 1. The molecule has 0 radical (unpaired) electrons. The molecule has 4 rings (SSSR count). The Kier molecular flexibility index (Phi) is 4.28. The summed E-state index contributed by atoms with van der Waals surface area (Å²) >= 11 is 6.15. The van der Waals surface area contributed by atoms with E-state index in [2.05, 4.69) is 10.3 Å². The molecule has 2 atom stereocenters. The van der Waals surface area contributed by atoms with Crippen molar-refractivity contribution in [3.8, 4) is 0 Å². The number of nitrogens with zero attached hydrogens (tertiary/aromatic N) is 2. The number of aromatic nitrogens is 1. The molecule has 1 aliphatic carbocycles. The molecule has 142 valence electrons. The Bertz CT molecular complexity index is 728. The topological polar surface area (TPSA) is 63.7 Å². The monoisotopic (exact) mass is 391 g/mol. The number of morpholine rings is 2. The quantitative estimate of drug-likeness (QED) is 0.629. The van der Waals surface area contributed by atoms with Crippen LogP contribution in [0.3, 0.4) is 0 Å². The normalized spacial score (nSPS) is 28.8. The minimum Gasteiger partial charge on any atom is -0.423 e. The number of fused-ring (bicyclic) bond motifs is 2. The minimum atomic E-state index is -5.08. The summed E-state index contributed by atoms with van der Waals surface area (Å²) in [4.78, 5) is 17.4. The van der Waals surface area contributed by atoms with Gasteiger partial charge in [-0.2, -0.15) is 13.2 Å². The largest absolute Gasteiger partial charge is 0.491 e. The molecule has 1 saturated carbocycles. The highest BCUT2D eigenvalue weighted by Crippen LogP contribution is 2.44. The van der Waals surface area contributed by atoms with Crippen LogP contribution >= 0.6 is 11.6 Å². The zero-order valence-electron chi connectivity index (χ0n) is 13.7. The Morgan fingerprint density at radius 1 is 1.46 bits per heavy atom. The standard InChI is InChI=1S/C16H17ClF3N3O3/c17-13-12(9-1-2-9)3-10(4-22-13)23-6-11-5-21-7-15(8-23,25-11)26-14(24)16(18,19)20/h3-4,9,11,21H,1-2,5-8H2. The highest BCUT2D eigenvalue weighted by atomic mass is 35.5. The molecule has 1 aromatic heterocycles.